The van der Waals surface area contributed by atoms with Gasteiger partial charge in [-0.15, -0.1) is 11.8 Å². The Bertz CT molecular complexity index is 741. The molecular formula is C17H18N2O3S. The summed E-state index contributed by atoms with van der Waals surface area (Å²) in [5.74, 6) is 0.981. The van der Waals surface area contributed by atoms with Crippen molar-refractivity contribution in [2.75, 3.05) is 16.9 Å². The number of anilines is 1. The third-order valence-electron chi connectivity index (χ3n) is 3.79. The molecule has 3 rings (SSSR count). The van der Waals surface area contributed by atoms with Crippen LogP contribution in [-0.4, -0.2) is 34.4 Å². The zero-order valence-electron chi connectivity index (χ0n) is 13.0. The summed E-state index contributed by atoms with van der Waals surface area (Å²) in [5.41, 5.74) is 2.60. The third-order valence-corrected chi connectivity index (χ3v) is 4.80. The number of nitrogens with one attached hydrogen (secondary N) is 1. The van der Waals surface area contributed by atoms with Crippen LogP contribution in [0.25, 0.3) is 0 Å². The maximum Gasteiger partial charge on any atom is 0.291 e. The van der Waals surface area contributed by atoms with Gasteiger partial charge < -0.3 is 14.6 Å². The molecule has 120 valence electrons. The summed E-state index contributed by atoms with van der Waals surface area (Å²) in [5, 5.41) is 2.89. The SMILES string of the molecule is Cc1cccc(NC(=O)[C@H]2CSCN2C(=O)c2occc2C)c1. The van der Waals surface area contributed by atoms with Gasteiger partial charge in [-0.1, -0.05) is 12.1 Å². The molecule has 1 aliphatic heterocycles. The molecule has 0 bridgehead atoms. The molecule has 6 heteroatoms. The highest BCUT2D eigenvalue weighted by atomic mass is 32.2. The van der Waals surface area contributed by atoms with E-state index in [1.165, 1.54) is 6.26 Å². The van der Waals surface area contributed by atoms with Crippen LogP contribution < -0.4 is 5.32 Å². The zero-order chi connectivity index (χ0) is 16.4. The van der Waals surface area contributed by atoms with Crippen molar-refractivity contribution < 1.29 is 14.0 Å². The molecule has 1 aromatic heterocycles. The van der Waals surface area contributed by atoms with Gasteiger partial charge in [-0.3, -0.25) is 9.59 Å². The molecule has 0 saturated carbocycles. The normalized spacial score (nSPS) is 17.3. The predicted molar refractivity (Wildman–Crippen MR) is 90.5 cm³/mol. The van der Waals surface area contributed by atoms with Crippen LogP contribution in [0.4, 0.5) is 5.69 Å². The van der Waals surface area contributed by atoms with Gasteiger partial charge in [-0.25, -0.2) is 0 Å². The maximum absolute atomic E-state index is 12.6. The van der Waals surface area contributed by atoms with Crippen molar-refractivity contribution in [1.29, 1.82) is 0 Å². The molecule has 2 aromatic rings. The van der Waals surface area contributed by atoms with E-state index in [0.29, 0.717) is 17.4 Å². The van der Waals surface area contributed by atoms with E-state index in [2.05, 4.69) is 5.32 Å². The molecule has 2 heterocycles. The maximum atomic E-state index is 12.6. The Hall–Kier alpha value is -2.21. The lowest BCUT2D eigenvalue weighted by Crippen LogP contribution is -2.44. The number of hydrogen-bond donors (Lipinski definition) is 1. The summed E-state index contributed by atoms with van der Waals surface area (Å²) < 4.78 is 5.27. The number of nitrogens with zero attached hydrogens (tertiary/aromatic N) is 1. The second-order valence-electron chi connectivity index (χ2n) is 5.58. The summed E-state index contributed by atoms with van der Waals surface area (Å²) in [6, 6.07) is 8.87. The molecule has 1 aliphatic rings. The molecule has 1 saturated heterocycles. The van der Waals surface area contributed by atoms with Gasteiger partial charge in [0.1, 0.15) is 6.04 Å². The summed E-state index contributed by atoms with van der Waals surface area (Å²) in [4.78, 5) is 26.7. The topological polar surface area (TPSA) is 62.6 Å². The van der Waals surface area contributed by atoms with Crippen LogP contribution >= 0.6 is 11.8 Å². The third kappa shape index (κ3) is 3.27. The number of carbonyl (C=O) groups excluding carboxylic acids is 2. The first-order chi connectivity index (χ1) is 11.1. The largest absolute Gasteiger partial charge is 0.459 e. The van der Waals surface area contributed by atoms with Crippen LogP contribution in [-0.2, 0) is 4.79 Å². The number of thioether (sulfide) groups is 1. The average molecular weight is 330 g/mol. The molecule has 5 nitrogen and oxygen atoms in total. The Morgan fingerprint density at radius 1 is 1.30 bits per heavy atom. The van der Waals surface area contributed by atoms with E-state index in [9.17, 15) is 9.59 Å². The number of hydrogen-bond acceptors (Lipinski definition) is 4. The van der Waals surface area contributed by atoms with Gasteiger partial charge >= 0.3 is 0 Å². The number of amides is 2. The van der Waals surface area contributed by atoms with E-state index in [1.807, 2.05) is 38.1 Å². The van der Waals surface area contributed by atoms with E-state index in [-0.39, 0.29) is 11.8 Å². The first kappa shape index (κ1) is 15.7. The summed E-state index contributed by atoms with van der Waals surface area (Å²) in [7, 11) is 0. The molecule has 23 heavy (non-hydrogen) atoms. The van der Waals surface area contributed by atoms with E-state index in [1.54, 1.807) is 22.7 Å². The minimum absolute atomic E-state index is 0.168. The average Bonchev–Trinajstić information content (AvgIpc) is 3.15. The predicted octanol–water partition coefficient (Wildman–Crippen LogP) is 3.05. The van der Waals surface area contributed by atoms with Crippen LogP contribution in [0.15, 0.2) is 41.0 Å². The standard InChI is InChI=1S/C17H18N2O3S/c1-11-4-3-5-13(8-11)18-16(20)14-9-23-10-19(14)17(21)15-12(2)6-7-22-15/h3-8,14H,9-10H2,1-2H3,(H,18,20)/t14-/m1/s1. The number of aryl methyl sites for hydroxylation is 2. The zero-order valence-corrected chi connectivity index (χ0v) is 13.9. The number of carbonyl (C=O) groups is 2. The first-order valence-corrected chi connectivity index (χ1v) is 8.52. The monoisotopic (exact) mass is 330 g/mol. The van der Waals surface area contributed by atoms with Crippen molar-refractivity contribution >= 4 is 29.3 Å². The lowest BCUT2D eigenvalue weighted by molar-refractivity contribution is -0.119. The summed E-state index contributed by atoms with van der Waals surface area (Å²) in [6.07, 6.45) is 1.49. The van der Waals surface area contributed by atoms with Gasteiger partial charge in [0.15, 0.2) is 5.76 Å². The summed E-state index contributed by atoms with van der Waals surface area (Å²) in [6.45, 7) is 3.79. The van der Waals surface area contributed by atoms with Crippen LogP contribution in [0.1, 0.15) is 21.7 Å². The smallest absolute Gasteiger partial charge is 0.291 e. The molecular weight excluding hydrogens is 312 g/mol. The van der Waals surface area contributed by atoms with Crippen molar-refractivity contribution in [2.24, 2.45) is 0 Å². The lowest BCUT2D eigenvalue weighted by atomic mass is 10.2. The van der Waals surface area contributed by atoms with Crippen molar-refractivity contribution in [2.45, 2.75) is 19.9 Å². The van der Waals surface area contributed by atoms with E-state index >= 15 is 0 Å². The number of furan rings is 1. The van der Waals surface area contributed by atoms with Gasteiger partial charge in [0.25, 0.3) is 5.91 Å². The Balaban J connectivity index is 1.75. The van der Waals surface area contributed by atoms with E-state index in [0.717, 1.165) is 16.8 Å². The minimum atomic E-state index is -0.488. The quantitative estimate of drug-likeness (QED) is 0.939. The van der Waals surface area contributed by atoms with Crippen molar-refractivity contribution in [3.8, 4) is 0 Å². The van der Waals surface area contributed by atoms with Gasteiger partial charge in [-0.05, 0) is 37.6 Å². The van der Waals surface area contributed by atoms with Crippen molar-refractivity contribution in [1.82, 2.24) is 4.90 Å². The van der Waals surface area contributed by atoms with Gasteiger partial charge in [-0.2, -0.15) is 0 Å². The highest BCUT2D eigenvalue weighted by Crippen LogP contribution is 2.25. The lowest BCUT2D eigenvalue weighted by Gasteiger charge is -2.22. The van der Waals surface area contributed by atoms with Crippen LogP contribution in [0.3, 0.4) is 0 Å². The Morgan fingerprint density at radius 2 is 2.13 bits per heavy atom. The molecule has 1 N–H and O–H groups in total. The molecule has 2 amide bonds. The van der Waals surface area contributed by atoms with Crippen LogP contribution in [0.5, 0.6) is 0 Å². The second kappa shape index (κ2) is 6.50. The minimum Gasteiger partial charge on any atom is -0.459 e. The number of benzene rings is 1. The van der Waals surface area contributed by atoms with Crippen LogP contribution in [0.2, 0.25) is 0 Å². The Kier molecular flexibility index (Phi) is 4.43. The fourth-order valence-electron chi connectivity index (χ4n) is 2.53. The number of rotatable bonds is 3. The highest BCUT2D eigenvalue weighted by molar-refractivity contribution is 7.99. The van der Waals surface area contributed by atoms with Gasteiger partial charge in [0.2, 0.25) is 5.91 Å². The Morgan fingerprint density at radius 3 is 2.83 bits per heavy atom. The van der Waals surface area contributed by atoms with Gasteiger partial charge in [0.05, 0.1) is 12.1 Å². The molecule has 1 aromatic carbocycles. The highest BCUT2D eigenvalue weighted by Gasteiger charge is 2.36. The first-order valence-electron chi connectivity index (χ1n) is 7.36. The fourth-order valence-corrected chi connectivity index (χ4v) is 3.68. The second-order valence-corrected chi connectivity index (χ2v) is 6.58. The molecule has 1 fully saturated rings. The molecule has 0 aliphatic carbocycles. The van der Waals surface area contributed by atoms with Crippen LogP contribution in [0, 0.1) is 13.8 Å². The van der Waals surface area contributed by atoms with Crippen molar-refractivity contribution in [3.63, 3.8) is 0 Å². The summed E-state index contributed by atoms with van der Waals surface area (Å²) >= 11 is 1.57. The molecule has 1 atom stereocenters. The molecule has 0 radical (unpaired) electrons. The molecule has 0 unspecified atom stereocenters. The Labute approximate surface area is 139 Å². The van der Waals surface area contributed by atoms with E-state index in [4.69, 9.17) is 4.42 Å². The van der Waals surface area contributed by atoms with E-state index < -0.39 is 6.04 Å². The van der Waals surface area contributed by atoms with Crippen molar-refractivity contribution in [3.05, 3.63) is 53.5 Å². The fraction of sp³-hybridized carbons (Fsp3) is 0.294. The van der Waals surface area contributed by atoms with Gasteiger partial charge in [0, 0.05) is 17.0 Å². The molecule has 0 spiro atoms.